The highest BCUT2D eigenvalue weighted by atomic mass is 16.5. The average Bonchev–Trinajstić information content (AvgIpc) is 2.85. The van der Waals surface area contributed by atoms with Crippen LogP contribution >= 0.6 is 0 Å². The van der Waals surface area contributed by atoms with E-state index in [0.717, 1.165) is 18.7 Å². The van der Waals surface area contributed by atoms with Crippen molar-refractivity contribution in [1.29, 1.82) is 0 Å². The van der Waals surface area contributed by atoms with E-state index >= 15 is 0 Å². The minimum Gasteiger partial charge on any atom is -0.375 e. The lowest BCUT2D eigenvalue weighted by atomic mass is 9.96. The van der Waals surface area contributed by atoms with Crippen LogP contribution in [0.15, 0.2) is 12.3 Å². The largest absolute Gasteiger partial charge is 0.375 e. The van der Waals surface area contributed by atoms with E-state index in [2.05, 4.69) is 22.0 Å². The molecule has 1 aromatic heterocycles. The normalized spacial score (nSPS) is 17.5. The molecule has 1 heterocycles. The van der Waals surface area contributed by atoms with Crippen LogP contribution in [0, 0.1) is 0 Å². The van der Waals surface area contributed by atoms with Crippen molar-refractivity contribution in [3.05, 3.63) is 18.0 Å². The summed E-state index contributed by atoms with van der Waals surface area (Å²) in [7, 11) is 0. The van der Waals surface area contributed by atoms with Gasteiger partial charge in [-0.2, -0.15) is 5.10 Å². The summed E-state index contributed by atoms with van der Waals surface area (Å²) in [5, 5.41) is 4.59. The number of nitrogens with zero attached hydrogens (tertiary/aromatic N) is 2. The van der Waals surface area contributed by atoms with E-state index in [1.807, 2.05) is 0 Å². The number of hydrogen-bond acceptors (Lipinski definition) is 3. The van der Waals surface area contributed by atoms with Gasteiger partial charge in [-0.15, -0.1) is 0 Å². The fourth-order valence-electron chi connectivity index (χ4n) is 2.37. The first-order chi connectivity index (χ1) is 8.40. The third-order valence-corrected chi connectivity index (χ3v) is 3.36. The molecule has 1 aromatic rings. The minimum atomic E-state index is 0.611. The first kappa shape index (κ1) is 12.6. The zero-order valence-corrected chi connectivity index (χ0v) is 10.5. The zero-order chi connectivity index (χ0) is 11.9. The maximum atomic E-state index is 5.50. The molecule has 0 bridgehead atoms. The van der Waals surface area contributed by atoms with Crippen LogP contribution < -0.4 is 5.73 Å². The number of ether oxygens (including phenoxy) is 1. The highest BCUT2D eigenvalue weighted by Gasteiger charge is 2.15. The number of aromatic nitrogens is 2. The second-order valence-corrected chi connectivity index (χ2v) is 4.77. The van der Waals surface area contributed by atoms with Gasteiger partial charge in [0.2, 0.25) is 0 Å². The van der Waals surface area contributed by atoms with E-state index in [0.29, 0.717) is 19.2 Å². The van der Waals surface area contributed by atoms with Gasteiger partial charge in [-0.25, -0.2) is 0 Å². The molecule has 0 aliphatic heterocycles. The second-order valence-electron chi connectivity index (χ2n) is 4.77. The average molecular weight is 237 g/mol. The SMILES string of the molecule is NCCCOCc1ccn(C2CCCCC2)n1. The molecule has 96 valence electrons. The maximum absolute atomic E-state index is 5.50. The predicted octanol–water partition coefficient (Wildman–Crippen LogP) is 2.25. The van der Waals surface area contributed by atoms with Gasteiger partial charge in [-0.3, -0.25) is 4.68 Å². The van der Waals surface area contributed by atoms with Crippen molar-refractivity contribution in [3.63, 3.8) is 0 Å². The summed E-state index contributed by atoms with van der Waals surface area (Å²) in [6.45, 7) is 2.03. The number of nitrogens with two attached hydrogens (primary N) is 1. The van der Waals surface area contributed by atoms with Crippen LogP contribution in [0.5, 0.6) is 0 Å². The van der Waals surface area contributed by atoms with Crippen molar-refractivity contribution in [2.24, 2.45) is 5.73 Å². The van der Waals surface area contributed by atoms with Crippen LogP contribution in [-0.2, 0) is 11.3 Å². The third-order valence-electron chi connectivity index (χ3n) is 3.36. The molecule has 1 aliphatic carbocycles. The van der Waals surface area contributed by atoms with E-state index in [-0.39, 0.29) is 0 Å². The Morgan fingerprint density at radius 2 is 2.18 bits per heavy atom. The highest BCUT2D eigenvalue weighted by molar-refractivity contribution is 4.98. The lowest BCUT2D eigenvalue weighted by Gasteiger charge is -2.21. The summed E-state index contributed by atoms with van der Waals surface area (Å²) in [5.74, 6) is 0. The van der Waals surface area contributed by atoms with Gasteiger partial charge in [0.1, 0.15) is 0 Å². The molecule has 0 unspecified atom stereocenters. The molecule has 0 saturated heterocycles. The zero-order valence-electron chi connectivity index (χ0n) is 10.5. The van der Waals surface area contributed by atoms with E-state index in [1.54, 1.807) is 0 Å². The van der Waals surface area contributed by atoms with E-state index in [4.69, 9.17) is 10.5 Å². The van der Waals surface area contributed by atoms with Crippen LogP contribution in [0.25, 0.3) is 0 Å². The Bertz CT molecular complexity index is 318. The standard InChI is InChI=1S/C13H23N3O/c14-8-4-10-17-11-12-7-9-16(15-12)13-5-2-1-3-6-13/h7,9,13H,1-6,8,10-11,14H2. The maximum Gasteiger partial charge on any atom is 0.0906 e. The van der Waals surface area contributed by atoms with Crippen molar-refractivity contribution in [1.82, 2.24) is 9.78 Å². The monoisotopic (exact) mass is 237 g/mol. The Morgan fingerprint density at radius 3 is 2.94 bits per heavy atom. The Hall–Kier alpha value is -0.870. The van der Waals surface area contributed by atoms with Gasteiger partial charge in [0, 0.05) is 12.8 Å². The summed E-state index contributed by atoms with van der Waals surface area (Å²) in [4.78, 5) is 0. The van der Waals surface area contributed by atoms with E-state index < -0.39 is 0 Å². The molecule has 2 N–H and O–H groups in total. The molecule has 17 heavy (non-hydrogen) atoms. The Labute approximate surface area is 103 Å². The van der Waals surface area contributed by atoms with Crippen molar-refractivity contribution in [3.8, 4) is 0 Å². The first-order valence-corrected chi connectivity index (χ1v) is 6.72. The molecule has 1 aliphatic rings. The molecule has 2 rings (SSSR count). The fraction of sp³-hybridized carbons (Fsp3) is 0.769. The molecular weight excluding hydrogens is 214 g/mol. The third kappa shape index (κ3) is 3.82. The predicted molar refractivity (Wildman–Crippen MR) is 67.7 cm³/mol. The van der Waals surface area contributed by atoms with Crippen molar-refractivity contribution in [2.75, 3.05) is 13.2 Å². The molecule has 0 radical (unpaired) electrons. The van der Waals surface area contributed by atoms with Crippen LogP contribution in [0.4, 0.5) is 0 Å². The molecule has 0 amide bonds. The molecule has 0 atom stereocenters. The van der Waals surface area contributed by atoms with E-state index in [9.17, 15) is 0 Å². The molecule has 0 aromatic carbocycles. The lowest BCUT2D eigenvalue weighted by molar-refractivity contribution is 0.116. The van der Waals surface area contributed by atoms with Gasteiger partial charge in [-0.1, -0.05) is 19.3 Å². The Morgan fingerprint density at radius 1 is 1.35 bits per heavy atom. The van der Waals surface area contributed by atoms with Crippen LogP contribution in [-0.4, -0.2) is 22.9 Å². The Kier molecular flexibility index (Phi) is 5.01. The smallest absolute Gasteiger partial charge is 0.0906 e. The topological polar surface area (TPSA) is 53.1 Å². The molecule has 1 fully saturated rings. The van der Waals surface area contributed by atoms with Crippen molar-refractivity contribution >= 4 is 0 Å². The lowest BCUT2D eigenvalue weighted by Crippen LogP contribution is -2.13. The van der Waals surface area contributed by atoms with Crippen LogP contribution in [0.1, 0.15) is 50.3 Å². The first-order valence-electron chi connectivity index (χ1n) is 6.72. The fourth-order valence-corrected chi connectivity index (χ4v) is 2.37. The summed E-state index contributed by atoms with van der Waals surface area (Å²) in [5.41, 5.74) is 6.44. The molecule has 4 heteroatoms. The second kappa shape index (κ2) is 6.77. The quantitative estimate of drug-likeness (QED) is 0.772. The summed E-state index contributed by atoms with van der Waals surface area (Å²) < 4.78 is 7.63. The number of hydrogen-bond donors (Lipinski definition) is 1. The van der Waals surface area contributed by atoms with Crippen molar-refractivity contribution < 1.29 is 4.74 Å². The summed E-state index contributed by atoms with van der Waals surface area (Å²) >= 11 is 0. The van der Waals surface area contributed by atoms with Gasteiger partial charge in [0.15, 0.2) is 0 Å². The molecule has 1 saturated carbocycles. The molecule has 4 nitrogen and oxygen atoms in total. The summed E-state index contributed by atoms with van der Waals surface area (Å²) in [6, 6.07) is 2.68. The van der Waals surface area contributed by atoms with Gasteiger partial charge in [0.05, 0.1) is 18.3 Å². The number of rotatable bonds is 6. The molecular formula is C13H23N3O. The molecule has 0 spiro atoms. The van der Waals surface area contributed by atoms with Crippen LogP contribution in [0.3, 0.4) is 0 Å². The van der Waals surface area contributed by atoms with Gasteiger partial charge in [-0.05, 0) is 31.9 Å². The van der Waals surface area contributed by atoms with Crippen molar-refractivity contribution in [2.45, 2.75) is 51.2 Å². The van der Waals surface area contributed by atoms with Gasteiger partial charge < -0.3 is 10.5 Å². The summed E-state index contributed by atoms with van der Waals surface area (Å²) in [6.07, 6.45) is 9.62. The highest BCUT2D eigenvalue weighted by Crippen LogP contribution is 2.27. The van der Waals surface area contributed by atoms with E-state index in [1.165, 1.54) is 32.1 Å². The van der Waals surface area contributed by atoms with Gasteiger partial charge in [0.25, 0.3) is 0 Å². The minimum absolute atomic E-state index is 0.611. The van der Waals surface area contributed by atoms with Gasteiger partial charge >= 0.3 is 0 Å². The van der Waals surface area contributed by atoms with Crippen LogP contribution in [0.2, 0.25) is 0 Å². The Balaban J connectivity index is 1.78.